The third-order valence-electron chi connectivity index (χ3n) is 3.87. The normalized spacial score (nSPS) is 22.1. The number of ether oxygens (including phenoxy) is 2. The molecule has 0 heterocycles. The Morgan fingerprint density at radius 2 is 2.15 bits per heavy atom. The van der Waals surface area contributed by atoms with Crippen LogP contribution in [0.2, 0.25) is 0 Å². The molecule has 1 aliphatic rings. The molecular weight excluding hydrogens is 254 g/mol. The standard InChI is InChI=1S/C16H23NO3/c1-4-11(10-19-2)17-16(18)14-9-13(14)12-7-5-6-8-15(12)20-3/h5-8,11,13-14H,4,9-10H2,1-3H3,(H,17,18). The minimum atomic E-state index is 0.0669. The lowest BCUT2D eigenvalue weighted by atomic mass is 10.1. The van der Waals surface area contributed by atoms with E-state index in [4.69, 9.17) is 9.47 Å². The van der Waals surface area contributed by atoms with Gasteiger partial charge in [0.15, 0.2) is 0 Å². The summed E-state index contributed by atoms with van der Waals surface area (Å²) in [4.78, 5) is 12.2. The van der Waals surface area contributed by atoms with Gasteiger partial charge in [-0.3, -0.25) is 4.79 Å². The summed E-state index contributed by atoms with van der Waals surface area (Å²) in [5.74, 6) is 1.35. The molecule has 0 radical (unpaired) electrons. The molecule has 0 saturated heterocycles. The number of carbonyl (C=O) groups is 1. The lowest BCUT2D eigenvalue weighted by molar-refractivity contribution is -0.123. The van der Waals surface area contributed by atoms with Gasteiger partial charge in [0.05, 0.1) is 19.8 Å². The molecule has 2 rings (SSSR count). The highest BCUT2D eigenvalue weighted by atomic mass is 16.5. The maximum atomic E-state index is 12.2. The van der Waals surface area contributed by atoms with Crippen LogP contribution in [0.5, 0.6) is 5.75 Å². The lowest BCUT2D eigenvalue weighted by Crippen LogP contribution is -2.38. The first-order valence-electron chi connectivity index (χ1n) is 7.13. The Kier molecular flexibility index (Phi) is 5.01. The Morgan fingerprint density at radius 3 is 2.80 bits per heavy atom. The van der Waals surface area contributed by atoms with Crippen molar-refractivity contribution in [3.63, 3.8) is 0 Å². The second-order valence-corrected chi connectivity index (χ2v) is 5.26. The predicted octanol–water partition coefficient (Wildman–Crippen LogP) is 2.34. The molecular formula is C16H23NO3. The molecule has 1 fully saturated rings. The van der Waals surface area contributed by atoms with Gasteiger partial charge in [-0.1, -0.05) is 25.1 Å². The molecule has 0 aromatic heterocycles. The van der Waals surface area contributed by atoms with Gasteiger partial charge in [0.25, 0.3) is 0 Å². The highest BCUT2D eigenvalue weighted by Crippen LogP contribution is 2.50. The van der Waals surface area contributed by atoms with E-state index in [0.717, 1.165) is 24.2 Å². The van der Waals surface area contributed by atoms with Gasteiger partial charge in [-0.25, -0.2) is 0 Å². The van der Waals surface area contributed by atoms with Crippen molar-refractivity contribution in [1.29, 1.82) is 0 Å². The number of benzene rings is 1. The molecule has 1 saturated carbocycles. The molecule has 0 aliphatic heterocycles. The van der Waals surface area contributed by atoms with Crippen molar-refractivity contribution in [2.24, 2.45) is 5.92 Å². The third-order valence-corrected chi connectivity index (χ3v) is 3.87. The number of methoxy groups -OCH3 is 2. The van der Waals surface area contributed by atoms with Crippen molar-refractivity contribution in [2.45, 2.75) is 31.7 Å². The fourth-order valence-corrected chi connectivity index (χ4v) is 2.57. The van der Waals surface area contributed by atoms with Crippen LogP contribution in [0.15, 0.2) is 24.3 Å². The fraction of sp³-hybridized carbons (Fsp3) is 0.562. The first-order chi connectivity index (χ1) is 9.71. The van der Waals surface area contributed by atoms with Crippen LogP contribution in [-0.2, 0) is 9.53 Å². The number of nitrogens with one attached hydrogen (secondary N) is 1. The summed E-state index contributed by atoms with van der Waals surface area (Å²) >= 11 is 0. The van der Waals surface area contributed by atoms with Crippen LogP contribution in [0.1, 0.15) is 31.2 Å². The van der Waals surface area contributed by atoms with E-state index in [0.29, 0.717) is 6.61 Å². The highest BCUT2D eigenvalue weighted by Gasteiger charge is 2.45. The maximum Gasteiger partial charge on any atom is 0.224 e. The van der Waals surface area contributed by atoms with Crippen LogP contribution in [0.3, 0.4) is 0 Å². The Bertz CT molecular complexity index is 461. The molecule has 4 nitrogen and oxygen atoms in total. The number of rotatable bonds is 7. The van der Waals surface area contributed by atoms with Crippen LogP contribution in [-0.4, -0.2) is 32.8 Å². The smallest absolute Gasteiger partial charge is 0.224 e. The van der Waals surface area contributed by atoms with E-state index in [1.807, 2.05) is 24.3 Å². The largest absolute Gasteiger partial charge is 0.496 e. The molecule has 0 spiro atoms. The van der Waals surface area contributed by atoms with Gasteiger partial charge in [-0.15, -0.1) is 0 Å². The molecule has 1 N–H and O–H groups in total. The Hall–Kier alpha value is -1.55. The summed E-state index contributed by atoms with van der Waals surface area (Å²) in [7, 11) is 3.32. The van der Waals surface area contributed by atoms with E-state index in [1.165, 1.54) is 0 Å². The second kappa shape index (κ2) is 6.75. The van der Waals surface area contributed by atoms with Gasteiger partial charge in [-0.05, 0) is 30.4 Å². The first kappa shape index (κ1) is 14.9. The van der Waals surface area contributed by atoms with E-state index in [1.54, 1.807) is 14.2 Å². The summed E-state index contributed by atoms with van der Waals surface area (Å²) in [5, 5.41) is 3.06. The minimum absolute atomic E-state index is 0.0669. The average Bonchev–Trinajstić information content (AvgIpc) is 3.27. The van der Waals surface area contributed by atoms with Gasteiger partial charge in [0.2, 0.25) is 5.91 Å². The van der Waals surface area contributed by atoms with Gasteiger partial charge >= 0.3 is 0 Å². The predicted molar refractivity (Wildman–Crippen MR) is 77.9 cm³/mol. The quantitative estimate of drug-likeness (QED) is 0.832. The lowest BCUT2D eigenvalue weighted by Gasteiger charge is -2.16. The average molecular weight is 277 g/mol. The SMILES string of the molecule is CCC(COC)NC(=O)C1CC1c1ccccc1OC. The molecule has 20 heavy (non-hydrogen) atoms. The molecule has 4 heteroatoms. The molecule has 1 aliphatic carbocycles. The molecule has 0 bridgehead atoms. The van der Waals surface area contributed by atoms with E-state index < -0.39 is 0 Å². The summed E-state index contributed by atoms with van der Waals surface area (Å²) in [6.45, 7) is 2.61. The Labute approximate surface area is 120 Å². The Morgan fingerprint density at radius 1 is 1.40 bits per heavy atom. The van der Waals surface area contributed by atoms with Gasteiger partial charge in [0.1, 0.15) is 5.75 Å². The number of amides is 1. The number of carbonyl (C=O) groups excluding carboxylic acids is 1. The van der Waals surface area contributed by atoms with Crippen molar-refractivity contribution in [1.82, 2.24) is 5.32 Å². The monoisotopic (exact) mass is 277 g/mol. The summed E-state index contributed by atoms with van der Waals surface area (Å²) in [6, 6.07) is 8.04. The van der Waals surface area contributed by atoms with Crippen molar-refractivity contribution in [3.05, 3.63) is 29.8 Å². The number of para-hydroxylation sites is 1. The molecule has 1 aromatic rings. The summed E-state index contributed by atoms with van der Waals surface area (Å²) < 4.78 is 10.5. The zero-order chi connectivity index (χ0) is 14.5. The van der Waals surface area contributed by atoms with E-state index in [2.05, 4.69) is 12.2 Å². The fourth-order valence-electron chi connectivity index (χ4n) is 2.57. The van der Waals surface area contributed by atoms with Crippen LogP contribution >= 0.6 is 0 Å². The van der Waals surface area contributed by atoms with Gasteiger partial charge in [-0.2, -0.15) is 0 Å². The van der Waals surface area contributed by atoms with Crippen molar-refractivity contribution < 1.29 is 14.3 Å². The molecule has 3 atom stereocenters. The second-order valence-electron chi connectivity index (χ2n) is 5.26. The van der Waals surface area contributed by atoms with Crippen molar-refractivity contribution >= 4 is 5.91 Å². The molecule has 110 valence electrons. The highest BCUT2D eigenvalue weighted by molar-refractivity contribution is 5.83. The first-order valence-corrected chi connectivity index (χ1v) is 7.13. The van der Waals surface area contributed by atoms with Gasteiger partial charge < -0.3 is 14.8 Å². The third kappa shape index (κ3) is 3.31. The number of hydrogen-bond donors (Lipinski definition) is 1. The molecule has 1 amide bonds. The van der Waals surface area contributed by atoms with E-state index in [9.17, 15) is 4.79 Å². The maximum absolute atomic E-state index is 12.2. The topological polar surface area (TPSA) is 47.6 Å². The van der Waals surface area contributed by atoms with Gasteiger partial charge in [0, 0.05) is 13.0 Å². The van der Waals surface area contributed by atoms with Crippen molar-refractivity contribution in [2.75, 3.05) is 20.8 Å². The number of hydrogen-bond acceptors (Lipinski definition) is 3. The molecule has 1 aromatic carbocycles. The zero-order valence-corrected chi connectivity index (χ0v) is 12.4. The minimum Gasteiger partial charge on any atom is -0.496 e. The van der Waals surface area contributed by atoms with E-state index >= 15 is 0 Å². The van der Waals surface area contributed by atoms with E-state index in [-0.39, 0.29) is 23.8 Å². The summed E-state index contributed by atoms with van der Waals surface area (Å²) in [5.41, 5.74) is 1.13. The van der Waals surface area contributed by atoms with Crippen LogP contribution < -0.4 is 10.1 Å². The van der Waals surface area contributed by atoms with Crippen LogP contribution in [0, 0.1) is 5.92 Å². The molecule has 3 unspecified atom stereocenters. The zero-order valence-electron chi connectivity index (χ0n) is 12.4. The van der Waals surface area contributed by atoms with Crippen LogP contribution in [0.4, 0.5) is 0 Å². The Balaban J connectivity index is 1.95. The van der Waals surface area contributed by atoms with Crippen LogP contribution in [0.25, 0.3) is 0 Å². The summed E-state index contributed by atoms with van der Waals surface area (Å²) in [6.07, 6.45) is 1.78. The van der Waals surface area contributed by atoms with Crippen molar-refractivity contribution in [3.8, 4) is 5.75 Å².